The average molecular weight is 466 g/mol. The topological polar surface area (TPSA) is 64.1 Å². The van der Waals surface area contributed by atoms with Crippen LogP contribution in [0.15, 0.2) is 29.8 Å². The number of fused-ring (bicyclic) bond motifs is 2. The zero-order valence-corrected chi connectivity index (χ0v) is 20.3. The van der Waals surface area contributed by atoms with Crippen molar-refractivity contribution in [2.24, 2.45) is 5.92 Å². The molecule has 0 radical (unpaired) electrons. The van der Waals surface area contributed by atoms with Crippen molar-refractivity contribution < 1.29 is 19.0 Å². The first-order valence-corrected chi connectivity index (χ1v) is 12.6. The summed E-state index contributed by atoms with van der Waals surface area (Å²) in [6.07, 6.45) is 8.19. The van der Waals surface area contributed by atoms with E-state index in [0.717, 1.165) is 66.3 Å². The van der Waals surface area contributed by atoms with Crippen LogP contribution in [0.3, 0.4) is 0 Å². The molecule has 0 saturated carbocycles. The van der Waals surface area contributed by atoms with Crippen molar-refractivity contribution in [2.75, 3.05) is 44.5 Å². The summed E-state index contributed by atoms with van der Waals surface area (Å²) in [6, 6.07) is 6.13. The second-order valence-corrected chi connectivity index (χ2v) is 9.74. The molecule has 182 valence electrons. The molecule has 0 N–H and O–H groups in total. The standard InChI is InChI=1S/C27H35N3O4/c1-19(2)27(31)30(9-8-20-6-4-3-5-7-20)17-22-14-21-15-24-25(34-18-33-24)16-23(21)28-26(22)29-10-12-32-13-11-29/h6,14-16,19H,3-5,7-13,17-18H2,1-2H3. The molecule has 7 nitrogen and oxygen atoms in total. The van der Waals surface area contributed by atoms with Crippen molar-refractivity contribution in [3.8, 4) is 11.5 Å². The molecule has 1 aromatic heterocycles. The molecular weight excluding hydrogens is 430 g/mol. The van der Waals surface area contributed by atoms with E-state index in [-0.39, 0.29) is 18.6 Å². The highest BCUT2D eigenvalue weighted by Gasteiger charge is 2.24. The molecule has 1 amide bonds. The number of carbonyl (C=O) groups excluding carboxylic acids is 1. The Labute approximate surface area is 201 Å². The highest BCUT2D eigenvalue weighted by Crippen LogP contribution is 2.37. The molecule has 0 spiro atoms. The molecule has 34 heavy (non-hydrogen) atoms. The van der Waals surface area contributed by atoms with Crippen LogP contribution in [0.25, 0.3) is 10.9 Å². The van der Waals surface area contributed by atoms with Crippen LogP contribution in [0.1, 0.15) is 51.5 Å². The van der Waals surface area contributed by atoms with Gasteiger partial charge in [0.25, 0.3) is 0 Å². The molecule has 7 heteroatoms. The highest BCUT2D eigenvalue weighted by atomic mass is 16.7. The van der Waals surface area contributed by atoms with E-state index in [2.05, 4.69) is 17.0 Å². The Kier molecular flexibility index (Phi) is 6.90. The van der Waals surface area contributed by atoms with Crippen LogP contribution in [-0.2, 0) is 16.1 Å². The first-order chi connectivity index (χ1) is 16.6. The van der Waals surface area contributed by atoms with Gasteiger partial charge in [-0.05, 0) is 44.2 Å². The predicted octanol–water partition coefficient (Wildman–Crippen LogP) is 4.68. The minimum absolute atomic E-state index is 0.0468. The number of hydrogen-bond donors (Lipinski definition) is 0. The Morgan fingerprint density at radius 3 is 2.65 bits per heavy atom. The lowest BCUT2D eigenvalue weighted by atomic mass is 9.97. The normalized spacial score (nSPS) is 17.9. The lowest BCUT2D eigenvalue weighted by Crippen LogP contribution is -2.39. The number of amides is 1. The lowest BCUT2D eigenvalue weighted by molar-refractivity contribution is -0.135. The van der Waals surface area contributed by atoms with Crippen LogP contribution in [0.4, 0.5) is 5.82 Å². The Bertz CT molecular complexity index is 1080. The number of allylic oxidation sites excluding steroid dienone is 1. The summed E-state index contributed by atoms with van der Waals surface area (Å²) in [5.74, 6) is 2.56. The number of ether oxygens (including phenoxy) is 3. The minimum atomic E-state index is -0.0468. The van der Waals surface area contributed by atoms with Crippen LogP contribution in [0.2, 0.25) is 0 Å². The number of rotatable bonds is 7. The third-order valence-corrected chi connectivity index (χ3v) is 6.93. The van der Waals surface area contributed by atoms with Crippen LogP contribution in [0, 0.1) is 5.92 Å². The smallest absolute Gasteiger partial charge is 0.231 e. The summed E-state index contributed by atoms with van der Waals surface area (Å²) in [5, 5.41) is 1.00. The Hall–Kier alpha value is -2.80. The fourth-order valence-corrected chi connectivity index (χ4v) is 5.01. The highest BCUT2D eigenvalue weighted by molar-refractivity contribution is 5.86. The molecule has 1 aromatic carbocycles. The number of pyridine rings is 1. The van der Waals surface area contributed by atoms with E-state index in [1.807, 2.05) is 30.9 Å². The van der Waals surface area contributed by atoms with Gasteiger partial charge in [-0.1, -0.05) is 25.5 Å². The second kappa shape index (κ2) is 10.2. The number of carbonyl (C=O) groups is 1. The molecule has 0 atom stereocenters. The van der Waals surface area contributed by atoms with Crippen LogP contribution >= 0.6 is 0 Å². The van der Waals surface area contributed by atoms with Gasteiger partial charge in [0.05, 0.1) is 18.7 Å². The zero-order chi connectivity index (χ0) is 23.5. The van der Waals surface area contributed by atoms with Crippen LogP contribution < -0.4 is 14.4 Å². The fraction of sp³-hybridized carbons (Fsp3) is 0.556. The van der Waals surface area contributed by atoms with E-state index < -0.39 is 0 Å². The third-order valence-electron chi connectivity index (χ3n) is 6.93. The van der Waals surface area contributed by atoms with Gasteiger partial charge >= 0.3 is 0 Å². The zero-order valence-electron chi connectivity index (χ0n) is 20.3. The van der Waals surface area contributed by atoms with E-state index >= 15 is 0 Å². The fourth-order valence-electron chi connectivity index (χ4n) is 5.01. The number of nitrogens with zero attached hydrogens (tertiary/aromatic N) is 3. The van der Waals surface area contributed by atoms with Crippen LogP contribution in [-0.4, -0.2) is 55.4 Å². The number of benzene rings is 1. The van der Waals surface area contributed by atoms with Crippen molar-refractivity contribution in [1.82, 2.24) is 9.88 Å². The van der Waals surface area contributed by atoms with Gasteiger partial charge in [-0.15, -0.1) is 0 Å². The molecule has 5 rings (SSSR count). The minimum Gasteiger partial charge on any atom is -0.454 e. The maximum absolute atomic E-state index is 13.2. The Morgan fingerprint density at radius 2 is 1.91 bits per heavy atom. The van der Waals surface area contributed by atoms with Gasteiger partial charge in [-0.3, -0.25) is 4.79 Å². The third kappa shape index (κ3) is 4.99. The van der Waals surface area contributed by atoms with E-state index in [0.29, 0.717) is 19.8 Å². The summed E-state index contributed by atoms with van der Waals surface area (Å²) < 4.78 is 16.8. The van der Waals surface area contributed by atoms with Crippen molar-refractivity contribution in [3.05, 3.63) is 35.4 Å². The van der Waals surface area contributed by atoms with E-state index in [1.54, 1.807) is 0 Å². The molecule has 2 aliphatic heterocycles. The maximum atomic E-state index is 13.2. The molecule has 0 unspecified atom stereocenters. The molecule has 1 fully saturated rings. The lowest BCUT2D eigenvalue weighted by Gasteiger charge is -2.32. The molecule has 1 saturated heterocycles. The van der Waals surface area contributed by atoms with Gasteiger partial charge < -0.3 is 24.0 Å². The van der Waals surface area contributed by atoms with Gasteiger partial charge in [0.1, 0.15) is 5.82 Å². The molecule has 3 aliphatic rings. The van der Waals surface area contributed by atoms with Crippen molar-refractivity contribution in [1.29, 1.82) is 0 Å². The Balaban J connectivity index is 1.48. The Morgan fingerprint density at radius 1 is 1.12 bits per heavy atom. The van der Waals surface area contributed by atoms with Gasteiger partial charge in [-0.2, -0.15) is 0 Å². The molecular formula is C27H35N3O4. The summed E-state index contributed by atoms with van der Waals surface area (Å²) in [4.78, 5) is 22.6. The van der Waals surface area contributed by atoms with E-state index in [9.17, 15) is 4.79 Å². The number of anilines is 1. The molecule has 0 bridgehead atoms. The largest absolute Gasteiger partial charge is 0.454 e. The molecule has 2 aromatic rings. The van der Waals surface area contributed by atoms with Gasteiger partial charge in [0, 0.05) is 49.1 Å². The quantitative estimate of drug-likeness (QED) is 0.554. The number of aromatic nitrogens is 1. The summed E-state index contributed by atoms with van der Waals surface area (Å²) in [6.45, 7) is 8.45. The second-order valence-electron chi connectivity index (χ2n) is 9.74. The maximum Gasteiger partial charge on any atom is 0.231 e. The first kappa shape index (κ1) is 23.0. The average Bonchev–Trinajstić information content (AvgIpc) is 3.32. The first-order valence-electron chi connectivity index (χ1n) is 12.6. The summed E-state index contributed by atoms with van der Waals surface area (Å²) in [7, 11) is 0. The van der Waals surface area contributed by atoms with Crippen molar-refractivity contribution in [3.63, 3.8) is 0 Å². The number of morpholine rings is 1. The van der Waals surface area contributed by atoms with Crippen LogP contribution in [0.5, 0.6) is 11.5 Å². The monoisotopic (exact) mass is 465 g/mol. The predicted molar refractivity (Wildman–Crippen MR) is 132 cm³/mol. The van der Waals surface area contributed by atoms with Gasteiger partial charge in [0.2, 0.25) is 12.7 Å². The molecule has 3 heterocycles. The molecule has 1 aliphatic carbocycles. The SMILES string of the molecule is CC(C)C(=O)N(CCC1=CCCCC1)Cc1cc2cc3c(cc2nc1N1CCOCC1)OCO3. The van der Waals surface area contributed by atoms with Gasteiger partial charge in [-0.25, -0.2) is 4.98 Å². The summed E-state index contributed by atoms with van der Waals surface area (Å²) in [5.41, 5.74) is 3.44. The summed E-state index contributed by atoms with van der Waals surface area (Å²) >= 11 is 0. The van der Waals surface area contributed by atoms with E-state index in [1.165, 1.54) is 24.8 Å². The number of hydrogen-bond acceptors (Lipinski definition) is 6. The van der Waals surface area contributed by atoms with Gasteiger partial charge in [0.15, 0.2) is 11.5 Å². The van der Waals surface area contributed by atoms with Crippen molar-refractivity contribution >= 4 is 22.6 Å². The van der Waals surface area contributed by atoms with E-state index in [4.69, 9.17) is 19.2 Å². The van der Waals surface area contributed by atoms with Crippen molar-refractivity contribution in [2.45, 2.75) is 52.5 Å².